The van der Waals surface area contributed by atoms with E-state index in [1.165, 1.54) is 30.1 Å². The number of ether oxygens (including phenoxy) is 4. The van der Waals surface area contributed by atoms with Crippen molar-refractivity contribution < 1.29 is 37.0 Å². The van der Waals surface area contributed by atoms with Crippen LogP contribution in [-0.4, -0.2) is 63.3 Å². The van der Waals surface area contributed by atoms with Gasteiger partial charge in [0.2, 0.25) is 12.7 Å². The van der Waals surface area contributed by atoms with Crippen LogP contribution in [0, 0.1) is 12.3 Å². The topological polar surface area (TPSA) is 123 Å². The van der Waals surface area contributed by atoms with E-state index in [9.17, 15) is 18.0 Å². The second-order valence-corrected chi connectivity index (χ2v) is 10.6. The molecule has 2 aromatic rings. The predicted octanol–water partition coefficient (Wildman–Crippen LogP) is 2.80. The fourth-order valence-corrected chi connectivity index (χ4v) is 3.88. The number of benzene rings is 1. The van der Waals surface area contributed by atoms with Gasteiger partial charge in [0.25, 0.3) is 0 Å². The molecule has 1 aromatic carbocycles. The third kappa shape index (κ3) is 6.35. The van der Waals surface area contributed by atoms with Crippen LogP contribution in [-0.2, 0) is 30.7 Å². The molecule has 0 radical (unpaired) electrons. The number of hydrogen-bond acceptors (Lipinski definition) is 9. The van der Waals surface area contributed by atoms with Gasteiger partial charge in [-0.3, -0.25) is 9.59 Å². The average molecular weight is 497 g/mol. The number of hydrogen-bond donors (Lipinski definition) is 0. The zero-order valence-corrected chi connectivity index (χ0v) is 21.4. The number of nitrogens with zero attached hydrogens (tertiary/aromatic N) is 2. The van der Waals surface area contributed by atoms with E-state index < -0.39 is 27.0 Å². The lowest BCUT2D eigenvalue weighted by Crippen LogP contribution is -2.25. The highest BCUT2D eigenvalue weighted by Gasteiger charge is 2.27. The molecule has 0 aliphatic heterocycles. The molecule has 0 amide bonds. The maximum Gasteiger partial charge on any atom is 0.314 e. The Morgan fingerprint density at radius 1 is 1.09 bits per heavy atom. The number of carbonyl (C=O) groups is 2. The van der Waals surface area contributed by atoms with Crippen LogP contribution in [0.1, 0.15) is 49.2 Å². The summed E-state index contributed by atoms with van der Waals surface area (Å²) < 4.78 is 47.4. The SMILES string of the molecule is CCn1ncc(C(=O)c2ccc(S(C)(=O)=O)c(OCCOC)c2C)c1OCOC(=O)C(C)(C)C. The van der Waals surface area contributed by atoms with Gasteiger partial charge in [0.15, 0.2) is 15.6 Å². The van der Waals surface area contributed by atoms with Crippen LogP contribution in [0.2, 0.25) is 0 Å². The van der Waals surface area contributed by atoms with E-state index in [2.05, 4.69) is 5.10 Å². The highest BCUT2D eigenvalue weighted by atomic mass is 32.2. The maximum absolute atomic E-state index is 13.4. The van der Waals surface area contributed by atoms with Gasteiger partial charge in [0.1, 0.15) is 22.8 Å². The smallest absolute Gasteiger partial charge is 0.314 e. The fraction of sp³-hybridized carbons (Fsp3) is 0.522. The van der Waals surface area contributed by atoms with Crippen molar-refractivity contribution in [3.05, 3.63) is 35.0 Å². The van der Waals surface area contributed by atoms with Crippen molar-refractivity contribution in [2.45, 2.75) is 46.1 Å². The number of ketones is 1. The van der Waals surface area contributed by atoms with E-state index in [0.29, 0.717) is 12.1 Å². The maximum atomic E-state index is 13.4. The third-order valence-corrected chi connectivity index (χ3v) is 6.00. The van der Waals surface area contributed by atoms with Crippen molar-refractivity contribution in [3.8, 4) is 11.6 Å². The van der Waals surface area contributed by atoms with E-state index >= 15 is 0 Å². The van der Waals surface area contributed by atoms with Crippen LogP contribution in [0.3, 0.4) is 0 Å². The molecule has 0 aliphatic carbocycles. The first kappa shape index (κ1) is 27.3. The summed E-state index contributed by atoms with van der Waals surface area (Å²) in [5, 5.41) is 4.18. The van der Waals surface area contributed by atoms with Gasteiger partial charge in [-0.15, -0.1) is 0 Å². The minimum Gasteiger partial charge on any atom is -0.490 e. The van der Waals surface area contributed by atoms with Crippen LogP contribution in [0.15, 0.2) is 23.2 Å². The van der Waals surface area contributed by atoms with Gasteiger partial charge in [-0.25, -0.2) is 13.1 Å². The molecule has 0 saturated carbocycles. The lowest BCUT2D eigenvalue weighted by molar-refractivity contribution is -0.159. The summed E-state index contributed by atoms with van der Waals surface area (Å²) >= 11 is 0. The highest BCUT2D eigenvalue weighted by molar-refractivity contribution is 7.90. The van der Waals surface area contributed by atoms with Gasteiger partial charge in [0, 0.05) is 31.0 Å². The summed E-state index contributed by atoms with van der Waals surface area (Å²) in [6.45, 7) is 8.96. The second kappa shape index (κ2) is 11.0. The highest BCUT2D eigenvalue weighted by Crippen LogP contribution is 2.33. The van der Waals surface area contributed by atoms with Crippen molar-refractivity contribution in [2.24, 2.45) is 5.41 Å². The number of methoxy groups -OCH3 is 1. The molecule has 0 unspecified atom stereocenters. The van der Waals surface area contributed by atoms with E-state index in [-0.39, 0.29) is 47.7 Å². The fourth-order valence-electron chi connectivity index (χ4n) is 3.02. The summed E-state index contributed by atoms with van der Waals surface area (Å²) in [5.41, 5.74) is 0.0298. The van der Waals surface area contributed by atoms with E-state index in [1.807, 2.05) is 6.92 Å². The van der Waals surface area contributed by atoms with E-state index in [4.69, 9.17) is 18.9 Å². The molecule has 188 valence electrons. The van der Waals surface area contributed by atoms with Crippen molar-refractivity contribution >= 4 is 21.6 Å². The normalized spacial score (nSPS) is 11.9. The van der Waals surface area contributed by atoms with Crippen LogP contribution >= 0.6 is 0 Å². The number of aryl methyl sites for hydroxylation is 1. The first-order valence-electron chi connectivity index (χ1n) is 10.7. The second-order valence-electron chi connectivity index (χ2n) is 8.63. The van der Waals surface area contributed by atoms with E-state index in [0.717, 1.165) is 6.26 Å². The molecule has 0 atom stereocenters. The van der Waals surface area contributed by atoms with Gasteiger partial charge < -0.3 is 18.9 Å². The molecule has 0 aliphatic rings. The Kier molecular flexibility index (Phi) is 8.84. The summed E-state index contributed by atoms with van der Waals surface area (Å²) in [4.78, 5) is 25.5. The lowest BCUT2D eigenvalue weighted by Gasteiger charge is -2.18. The number of carbonyl (C=O) groups excluding carboxylic acids is 2. The zero-order chi connectivity index (χ0) is 25.7. The summed E-state index contributed by atoms with van der Waals surface area (Å²) in [6, 6.07) is 2.78. The third-order valence-electron chi connectivity index (χ3n) is 4.88. The molecule has 0 spiro atoms. The monoisotopic (exact) mass is 496 g/mol. The standard InChI is InChI=1S/C23H32N2O8S/c1-8-25-21(32-14-33-22(27)23(3,4)5)17(13-24-25)19(26)16-9-10-18(34(7,28)29)20(15(16)2)31-12-11-30-6/h9-10,13H,8,11-12,14H2,1-7H3. The zero-order valence-electron chi connectivity index (χ0n) is 20.6. The Morgan fingerprint density at radius 2 is 1.76 bits per heavy atom. The van der Waals surface area contributed by atoms with Crippen molar-refractivity contribution in [2.75, 3.05) is 33.4 Å². The van der Waals surface area contributed by atoms with Crippen LogP contribution < -0.4 is 9.47 Å². The van der Waals surface area contributed by atoms with Gasteiger partial charge in [-0.1, -0.05) is 0 Å². The molecule has 11 heteroatoms. The molecular weight excluding hydrogens is 464 g/mol. The summed E-state index contributed by atoms with van der Waals surface area (Å²) in [6.07, 6.45) is 2.44. The Hall–Kier alpha value is -2.92. The first-order valence-corrected chi connectivity index (χ1v) is 12.6. The number of sulfone groups is 1. The Balaban J connectivity index is 2.42. The molecule has 0 saturated heterocycles. The van der Waals surface area contributed by atoms with Gasteiger partial charge in [-0.2, -0.15) is 5.10 Å². The van der Waals surface area contributed by atoms with Crippen LogP contribution in [0.4, 0.5) is 0 Å². The molecule has 1 aromatic heterocycles. The minimum atomic E-state index is -3.61. The van der Waals surface area contributed by atoms with Crippen LogP contribution in [0.25, 0.3) is 0 Å². The molecule has 1 heterocycles. The van der Waals surface area contributed by atoms with Crippen molar-refractivity contribution in [1.29, 1.82) is 0 Å². The Bertz CT molecular complexity index is 1150. The molecule has 0 N–H and O–H groups in total. The molecule has 2 rings (SSSR count). The summed E-state index contributed by atoms with van der Waals surface area (Å²) in [7, 11) is -2.11. The number of esters is 1. The molecule has 10 nitrogen and oxygen atoms in total. The Labute approximate surface area is 200 Å². The number of rotatable bonds is 11. The predicted molar refractivity (Wildman–Crippen MR) is 124 cm³/mol. The molecule has 0 fully saturated rings. The first-order chi connectivity index (χ1) is 15.8. The largest absolute Gasteiger partial charge is 0.490 e. The molecule has 34 heavy (non-hydrogen) atoms. The van der Waals surface area contributed by atoms with Crippen LogP contribution in [0.5, 0.6) is 11.6 Å². The minimum absolute atomic E-state index is 0.0209. The van der Waals surface area contributed by atoms with E-state index in [1.54, 1.807) is 27.7 Å². The average Bonchev–Trinajstić information content (AvgIpc) is 3.15. The molecule has 0 bridgehead atoms. The van der Waals surface area contributed by atoms with Crippen molar-refractivity contribution in [1.82, 2.24) is 9.78 Å². The lowest BCUT2D eigenvalue weighted by atomic mass is 9.98. The van der Waals surface area contributed by atoms with Crippen molar-refractivity contribution in [3.63, 3.8) is 0 Å². The van der Waals surface area contributed by atoms with Gasteiger partial charge in [-0.05, 0) is 46.8 Å². The summed E-state index contributed by atoms with van der Waals surface area (Å²) in [5.74, 6) is -0.656. The number of aromatic nitrogens is 2. The van der Waals surface area contributed by atoms with Gasteiger partial charge >= 0.3 is 5.97 Å². The molecular formula is C23H32N2O8S. The van der Waals surface area contributed by atoms with Gasteiger partial charge in [0.05, 0.1) is 18.2 Å². The Morgan fingerprint density at radius 3 is 2.32 bits per heavy atom. The quantitative estimate of drug-likeness (QED) is 0.200.